The van der Waals surface area contributed by atoms with Gasteiger partial charge < -0.3 is 39.8 Å². The summed E-state index contributed by atoms with van der Waals surface area (Å²) in [6.45, 7) is 25.3. The zero-order valence-electron chi connectivity index (χ0n) is 45.1. The molecule has 0 amide bonds. The van der Waals surface area contributed by atoms with Crippen LogP contribution in [0.4, 0.5) is 0 Å². The van der Waals surface area contributed by atoms with E-state index in [1.165, 1.54) is 38.5 Å². The summed E-state index contributed by atoms with van der Waals surface area (Å²) in [6.07, 6.45) is 13.5. The van der Waals surface area contributed by atoms with E-state index in [9.17, 15) is 0 Å². The molecule has 73 heavy (non-hydrogen) atoms. The molecule has 7 rings (SSSR count). The van der Waals surface area contributed by atoms with E-state index in [0.717, 1.165) is 49.7 Å². The van der Waals surface area contributed by atoms with Gasteiger partial charge in [0.15, 0.2) is 0 Å². The molecule has 0 N–H and O–H groups in total. The zero-order chi connectivity index (χ0) is 53.1. The largest absolute Gasteiger partial charge is 0.583 e. The molecule has 6 aliphatic rings. The molecular weight excluding hydrogens is 1200 g/mol. The van der Waals surface area contributed by atoms with Gasteiger partial charge in [0, 0.05) is 70.0 Å². The highest BCUT2D eigenvalue weighted by Gasteiger charge is 2.80. The predicted octanol–water partition coefficient (Wildman–Crippen LogP) is 16.4. The number of rotatable bonds is 33. The zero-order valence-corrected chi connectivity index (χ0v) is 58.3. The maximum absolute atomic E-state index is 7.09. The number of thiol groups is 6. The molecule has 0 heterocycles. The first kappa shape index (κ1) is 64.3. The Labute approximate surface area is 494 Å². The third kappa shape index (κ3) is 11.2. The number of hydrogen-bond acceptors (Lipinski definition) is 19. The molecule has 11 atom stereocenters. The number of hydrogen-bond donors (Lipinski definition) is 6. The molecule has 1 aromatic rings. The van der Waals surface area contributed by atoms with Gasteiger partial charge in [-0.1, -0.05) is 43.5 Å². The molecule has 0 spiro atoms. The summed E-state index contributed by atoms with van der Waals surface area (Å²) in [5, 5.41) is -0.235. The molecule has 6 bridgehead atoms. The molecule has 6 saturated carbocycles. The van der Waals surface area contributed by atoms with E-state index in [2.05, 4.69) is 93.5 Å². The van der Waals surface area contributed by atoms with Crippen molar-refractivity contribution in [1.29, 1.82) is 0 Å². The Morgan fingerprint density at radius 2 is 0.904 bits per heavy atom. The molecule has 11 unspecified atom stereocenters. The highest BCUT2D eigenvalue weighted by atomic mass is 33.8. The van der Waals surface area contributed by atoms with E-state index < -0.39 is 58.2 Å². The predicted molar refractivity (Wildman–Crippen MR) is 346 cm³/mol. The Morgan fingerprint density at radius 3 is 1.21 bits per heavy atom. The lowest BCUT2D eigenvalue weighted by molar-refractivity contribution is 0.0256. The fourth-order valence-electron chi connectivity index (χ4n) is 14.6. The van der Waals surface area contributed by atoms with Crippen molar-refractivity contribution in [3.8, 4) is 0 Å². The molecule has 0 aromatic heterocycles. The minimum atomic E-state index is -3.64. The molecule has 6 aliphatic carbocycles. The van der Waals surface area contributed by atoms with Gasteiger partial charge in [-0.25, -0.2) is 0 Å². The van der Waals surface area contributed by atoms with E-state index in [4.69, 9.17) is 114 Å². The van der Waals surface area contributed by atoms with Gasteiger partial charge in [0.05, 0.1) is 13.2 Å². The summed E-state index contributed by atoms with van der Waals surface area (Å²) in [7, 11) is -8.04. The van der Waals surface area contributed by atoms with Crippen LogP contribution in [0.25, 0.3) is 0 Å². The van der Waals surface area contributed by atoms with Crippen LogP contribution >= 0.6 is 130 Å². The lowest BCUT2D eigenvalue weighted by Gasteiger charge is -2.68. The maximum atomic E-state index is 7.09. The van der Waals surface area contributed by atoms with Crippen molar-refractivity contribution in [3.63, 3.8) is 0 Å². The van der Waals surface area contributed by atoms with Gasteiger partial charge in [-0.05, 0) is 214 Å². The molecule has 6 fully saturated rings. The average Bonchev–Trinajstić information content (AvgIpc) is 4.26. The molecule has 0 radical (unpaired) electrons. The van der Waals surface area contributed by atoms with Crippen molar-refractivity contribution in [2.75, 3.05) is 59.5 Å². The molecule has 424 valence electrons. The molecule has 0 saturated heterocycles. The van der Waals surface area contributed by atoms with Gasteiger partial charge in [-0.2, -0.15) is 50.5 Å². The standard InChI is InChI=1S/C49H90O9S12Si3/c1-11-50-71(51-12-2,52-13-3)47(35-38-26-29-41(47)32-38)49(61,62)48(59,60)43-23-21-20-22-42(43)46(10,69(65-63,44-33-36-24-27-39(44)30-36)67-72(53-14-4,54-15-5)55-16-6)70(66-64,45-34-37-25-28-40(45)31-37)68-73(56-17-7,57-18-8)58-19-9/h20-23,36-41,44-45,59-64H,11-19,24-35H2,1-10H3. The lowest BCUT2D eigenvalue weighted by Crippen LogP contribution is -2.67. The van der Waals surface area contributed by atoms with E-state index in [-0.39, 0.29) is 16.4 Å². The van der Waals surface area contributed by atoms with Crippen molar-refractivity contribution in [2.24, 2.45) is 35.5 Å². The summed E-state index contributed by atoms with van der Waals surface area (Å²) in [4.78, 5) is 0. The van der Waals surface area contributed by atoms with E-state index in [1.54, 1.807) is 19.7 Å². The van der Waals surface area contributed by atoms with E-state index >= 15 is 0 Å². The Morgan fingerprint density at radius 1 is 0.521 bits per heavy atom. The van der Waals surface area contributed by atoms with Crippen LogP contribution in [0.5, 0.6) is 0 Å². The molecule has 0 aliphatic heterocycles. The second-order valence-electron chi connectivity index (χ2n) is 20.7. The topological polar surface area (TPSA) is 83.1 Å². The first-order valence-corrected chi connectivity index (χ1v) is 46.6. The minimum absolute atomic E-state index is 0.177. The first-order valence-electron chi connectivity index (χ1n) is 27.3. The Bertz CT molecular complexity index is 1840. The van der Waals surface area contributed by atoms with Crippen LogP contribution in [0.2, 0.25) is 5.04 Å². The molecule has 1 aromatic carbocycles. The normalized spacial score (nSPS) is 31.7. The monoisotopic (exact) mass is 1290 g/mol. The van der Waals surface area contributed by atoms with Gasteiger partial charge >= 0.3 is 24.7 Å². The lowest BCUT2D eigenvalue weighted by atomic mass is 9.81. The van der Waals surface area contributed by atoms with Crippen molar-refractivity contribution in [3.05, 3.63) is 35.4 Å². The summed E-state index contributed by atoms with van der Waals surface area (Å²) < 4.78 is 60.4. The highest BCUT2D eigenvalue weighted by Crippen LogP contribution is 3.02. The van der Waals surface area contributed by atoms with Crippen molar-refractivity contribution < 1.29 is 39.8 Å². The molecular formula is C49H90O9S12Si3. The third-order valence-corrected chi connectivity index (χ3v) is 70.6. The van der Waals surface area contributed by atoms with Crippen molar-refractivity contribution >= 4 is 155 Å². The number of fused-ring (bicyclic) bond motifs is 6. The van der Waals surface area contributed by atoms with Gasteiger partial charge in [-0.3, -0.25) is 0 Å². The first-order chi connectivity index (χ1) is 34.9. The fraction of sp³-hybridized carbons (Fsp3) is 0.878. The highest BCUT2D eigenvalue weighted by molar-refractivity contribution is 9.46. The second-order valence-corrected chi connectivity index (χ2v) is 54.7. The van der Waals surface area contributed by atoms with Crippen LogP contribution in [-0.4, -0.2) is 98.8 Å². The van der Waals surface area contributed by atoms with Crippen LogP contribution in [0.15, 0.2) is 24.3 Å². The Hall–Kier alpha value is 3.71. The summed E-state index contributed by atoms with van der Waals surface area (Å²) in [6, 6.07) is 9.06. The van der Waals surface area contributed by atoms with Crippen molar-refractivity contribution in [1.82, 2.24) is 0 Å². The smallest absolute Gasteiger partial charge is 0.373 e. The van der Waals surface area contributed by atoms with Crippen LogP contribution in [0.3, 0.4) is 0 Å². The van der Waals surface area contributed by atoms with E-state index in [0.29, 0.717) is 89.1 Å². The van der Waals surface area contributed by atoms with Gasteiger partial charge in [0.25, 0.3) is 0 Å². The van der Waals surface area contributed by atoms with Gasteiger partial charge in [0.2, 0.25) is 0 Å². The maximum Gasteiger partial charge on any atom is 0.583 e. The van der Waals surface area contributed by atoms with Crippen molar-refractivity contribution in [2.45, 2.75) is 174 Å². The molecule has 9 nitrogen and oxygen atoms in total. The minimum Gasteiger partial charge on any atom is -0.373 e. The Kier molecular flexibility index (Phi) is 23.5. The van der Waals surface area contributed by atoms with Crippen LogP contribution in [0, 0.1) is 35.5 Å². The summed E-state index contributed by atoms with van der Waals surface area (Å²) in [5.41, 5.74) is 2.11. The third-order valence-electron chi connectivity index (χ3n) is 17.1. The van der Waals surface area contributed by atoms with Crippen LogP contribution in [0.1, 0.15) is 157 Å². The van der Waals surface area contributed by atoms with Crippen LogP contribution in [-0.2, 0) is 48.0 Å². The SMILES string of the molecule is CCO[Si](OCC)(OCC)SS(SS)(C1CC2CCC1C2)C(C)(c1ccccc1C(S)(S)C(S)(S)C1([Si](OCC)(OCC)OCC)CC2CCC1C2)S(SS)(S[Si](OCC)(OCC)OCC)C1CC2CCC1C2. The average molecular weight is 1290 g/mol. The number of benzene rings is 1. The van der Waals surface area contributed by atoms with Gasteiger partial charge in [-0.15, -0.1) is 39.5 Å². The quantitative estimate of drug-likeness (QED) is 0.0175. The van der Waals surface area contributed by atoms with Crippen LogP contribution < -0.4 is 0 Å². The second kappa shape index (κ2) is 26.7. The van der Waals surface area contributed by atoms with Gasteiger partial charge in [0.1, 0.15) is 4.08 Å². The summed E-state index contributed by atoms with van der Waals surface area (Å²) >= 11 is 35.7. The summed E-state index contributed by atoms with van der Waals surface area (Å²) in [5.74, 6) is 2.84. The molecule has 24 heteroatoms. The fourth-order valence-corrected chi connectivity index (χ4v) is 83.0. The Balaban J connectivity index is 1.65. The van der Waals surface area contributed by atoms with E-state index in [1.807, 2.05) is 20.5 Å².